The highest BCUT2D eigenvalue weighted by Gasteiger charge is 2.26. The van der Waals surface area contributed by atoms with Gasteiger partial charge in [-0.2, -0.15) is 0 Å². The van der Waals surface area contributed by atoms with Gasteiger partial charge < -0.3 is 25.2 Å². The Hall–Kier alpha value is -1.34. The van der Waals surface area contributed by atoms with Crippen LogP contribution in [0.1, 0.15) is 19.3 Å². The van der Waals surface area contributed by atoms with Crippen molar-refractivity contribution in [2.75, 3.05) is 33.4 Å². The second-order valence-corrected chi connectivity index (χ2v) is 4.75. The van der Waals surface area contributed by atoms with Gasteiger partial charge in [0, 0.05) is 33.4 Å². The molecule has 1 fully saturated rings. The Balaban J connectivity index is 2.29. The molecule has 1 heterocycles. The number of carboxylic acid groups (broad SMARTS) is 1. The molecule has 0 radical (unpaired) electrons. The number of hydrogen-bond acceptors (Lipinski definition) is 4. The summed E-state index contributed by atoms with van der Waals surface area (Å²) in [7, 11) is 1.42. The first kappa shape index (κ1) is 15.7. The molecule has 7 nitrogen and oxygen atoms in total. The van der Waals surface area contributed by atoms with Crippen LogP contribution in [0.2, 0.25) is 0 Å². The Bertz CT molecular complexity index is 310. The van der Waals surface area contributed by atoms with Crippen molar-refractivity contribution in [2.45, 2.75) is 25.4 Å². The molecule has 7 heteroatoms. The van der Waals surface area contributed by atoms with Crippen LogP contribution in [-0.2, 0) is 9.53 Å². The predicted molar refractivity (Wildman–Crippen MR) is 67.8 cm³/mol. The van der Waals surface area contributed by atoms with Crippen LogP contribution >= 0.6 is 0 Å². The number of carbonyl (C=O) groups excluding carboxylic acids is 1. The summed E-state index contributed by atoms with van der Waals surface area (Å²) in [5.41, 5.74) is 0. The summed E-state index contributed by atoms with van der Waals surface area (Å²) < 4.78 is 4.99. The van der Waals surface area contributed by atoms with E-state index in [1.807, 2.05) is 0 Å². The first-order valence-electron chi connectivity index (χ1n) is 6.45. The number of aliphatic hydroxyl groups is 1. The number of aliphatic hydroxyl groups excluding tert-OH is 1. The molecule has 2 atom stereocenters. The average molecular weight is 274 g/mol. The second kappa shape index (κ2) is 7.96. The Labute approximate surface area is 112 Å². The summed E-state index contributed by atoms with van der Waals surface area (Å²) in [6.07, 6.45) is 0.960. The lowest BCUT2D eigenvalue weighted by molar-refractivity contribution is -0.139. The van der Waals surface area contributed by atoms with Gasteiger partial charge in [-0.05, 0) is 18.8 Å². The fourth-order valence-corrected chi connectivity index (χ4v) is 2.18. The number of carbonyl (C=O) groups is 2. The van der Waals surface area contributed by atoms with E-state index in [0.717, 1.165) is 6.42 Å². The van der Waals surface area contributed by atoms with E-state index < -0.39 is 12.1 Å². The number of likely N-dealkylation sites (tertiary alicyclic amines) is 1. The molecule has 1 saturated heterocycles. The molecule has 0 aromatic heterocycles. The molecule has 1 rings (SSSR count). The summed E-state index contributed by atoms with van der Waals surface area (Å²) in [5.74, 6) is -0.599. The van der Waals surface area contributed by atoms with Gasteiger partial charge in [0.1, 0.15) is 0 Å². The van der Waals surface area contributed by atoms with Crippen LogP contribution in [0.5, 0.6) is 0 Å². The second-order valence-electron chi connectivity index (χ2n) is 4.75. The summed E-state index contributed by atoms with van der Waals surface area (Å²) in [6, 6.07) is -0.201. The van der Waals surface area contributed by atoms with Crippen molar-refractivity contribution < 1.29 is 24.5 Å². The maximum absolute atomic E-state index is 11.9. The number of nitrogens with zero attached hydrogens (tertiary/aromatic N) is 1. The van der Waals surface area contributed by atoms with Gasteiger partial charge in [-0.15, -0.1) is 0 Å². The normalized spacial score (nSPS) is 20.3. The van der Waals surface area contributed by atoms with Crippen molar-refractivity contribution >= 4 is 12.0 Å². The number of carboxylic acids is 1. The lowest BCUT2D eigenvalue weighted by Crippen LogP contribution is -2.42. The quantitative estimate of drug-likeness (QED) is 0.601. The van der Waals surface area contributed by atoms with Gasteiger partial charge in [-0.1, -0.05) is 0 Å². The number of methoxy groups -OCH3 is 1. The molecule has 19 heavy (non-hydrogen) atoms. The first-order chi connectivity index (χ1) is 9.06. The van der Waals surface area contributed by atoms with Gasteiger partial charge in [0.25, 0.3) is 0 Å². The highest BCUT2D eigenvalue weighted by Crippen LogP contribution is 2.18. The molecule has 2 unspecified atom stereocenters. The van der Waals surface area contributed by atoms with Gasteiger partial charge in [0.05, 0.1) is 12.5 Å². The molecular formula is C12H22N2O5. The van der Waals surface area contributed by atoms with Crippen LogP contribution in [0.3, 0.4) is 0 Å². The Morgan fingerprint density at radius 1 is 1.53 bits per heavy atom. The van der Waals surface area contributed by atoms with E-state index in [-0.39, 0.29) is 25.6 Å². The van der Waals surface area contributed by atoms with E-state index in [9.17, 15) is 9.59 Å². The number of hydrogen-bond donors (Lipinski definition) is 3. The third-order valence-corrected chi connectivity index (χ3v) is 3.33. The first-order valence-corrected chi connectivity index (χ1v) is 6.45. The lowest BCUT2D eigenvalue weighted by atomic mass is 10.1. The smallest absolute Gasteiger partial charge is 0.317 e. The molecule has 0 aliphatic carbocycles. The molecule has 0 spiro atoms. The summed E-state index contributed by atoms with van der Waals surface area (Å²) >= 11 is 0. The fraction of sp³-hybridized carbons (Fsp3) is 0.833. The van der Waals surface area contributed by atoms with E-state index >= 15 is 0 Å². The van der Waals surface area contributed by atoms with Crippen molar-refractivity contribution in [3.05, 3.63) is 0 Å². The van der Waals surface area contributed by atoms with Gasteiger partial charge in [0.15, 0.2) is 0 Å². The van der Waals surface area contributed by atoms with E-state index in [0.29, 0.717) is 25.4 Å². The molecule has 0 bridgehead atoms. The third-order valence-electron chi connectivity index (χ3n) is 3.33. The minimum Gasteiger partial charge on any atom is -0.481 e. The molecular weight excluding hydrogens is 252 g/mol. The Morgan fingerprint density at radius 3 is 2.84 bits per heavy atom. The average Bonchev–Trinajstić information content (AvgIpc) is 2.82. The highest BCUT2D eigenvalue weighted by molar-refractivity contribution is 5.74. The van der Waals surface area contributed by atoms with Crippen molar-refractivity contribution in [1.29, 1.82) is 0 Å². The number of rotatable bonds is 7. The summed E-state index contributed by atoms with van der Waals surface area (Å²) in [4.78, 5) is 24.1. The predicted octanol–water partition coefficient (Wildman–Crippen LogP) is -0.110. The summed E-state index contributed by atoms with van der Waals surface area (Å²) in [5, 5.41) is 20.2. The van der Waals surface area contributed by atoms with Gasteiger partial charge in [-0.25, -0.2) is 4.79 Å². The minimum absolute atomic E-state index is 0.135. The van der Waals surface area contributed by atoms with Crippen LogP contribution in [0.25, 0.3) is 0 Å². The maximum atomic E-state index is 11.9. The van der Waals surface area contributed by atoms with Crippen LogP contribution in [0.4, 0.5) is 4.79 Å². The minimum atomic E-state index is -0.953. The van der Waals surface area contributed by atoms with Crippen molar-refractivity contribution in [2.24, 2.45) is 5.92 Å². The Morgan fingerprint density at radius 2 is 2.26 bits per heavy atom. The van der Waals surface area contributed by atoms with Gasteiger partial charge >= 0.3 is 12.0 Å². The topological polar surface area (TPSA) is 99.1 Å². The van der Waals surface area contributed by atoms with Crippen molar-refractivity contribution in [3.8, 4) is 0 Å². The molecule has 0 aromatic rings. The van der Waals surface area contributed by atoms with E-state index in [1.165, 1.54) is 7.11 Å². The van der Waals surface area contributed by atoms with Crippen LogP contribution in [-0.4, -0.2) is 66.6 Å². The molecule has 0 saturated carbocycles. The number of ether oxygens (including phenoxy) is 1. The van der Waals surface area contributed by atoms with Crippen molar-refractivity contribution in [1.82, 2.24) is 10.2 Å². The van der Waals surface area contributed by atoms with E-state index in [4.69, 9.17) is 14.9 Å². The van der Waals surface area contributed by atoms with Crippen LogP contribution in [0.15, 0.2) is 0 Å². The van der Waals surface area contributed by atoms with Crippen molar-refractivity contribution in [3.63, 3.8) is 0 Å². The SMILES string of the molecule is COC(CNC(=O)N1CCC(CCO)C1)CC(=O)O. The number of nitrogens with one attached hydrogen (secondary N) is 1. The molecule has 1 aliphatic heterocycles. The lowest BCUT2D eigenvalue weighted by Gasteiger charge is -2.19. The molecule has 3 N–H and O–H groups in total. The maximum Gasteiger partial charge on any atom is 0.317 e. The molecule has 0 aromatic carbocycles. The standard InChI is InChI=1S/C12H22N2O5/c1-19-10(6-11(16)17)7-13-12(18)14-4-2-9(8-14)3-5-15/h9-10,15H,2-8H2,1H3,(H,13,18)(H,16,17). The van der Waals surface area contributed by atoms with Crippen LogP contribution in [0, 0.1) is 5.92 Å². The van der Waals surface area contributed by atoms with Gasteiger partial charge in [0.2, 0.25) is 0 Å². The van der Waals surface area contributed by atoms with E-state index in [1.54, 1.807) is 4.90 Å². The largest absolute Gasteiger partial charge is 0.481 e. The molecule has 110 valence electrons. The highest BCUT2D eigenvalue weighted by atomic mass is 16.5. The number of aliphatic carboxylic acids is 1. The Kier molecular flexibility index (Phi) is 6.58. The van der Waals surface area contributed by atoms with E-state index in [2.05, 4.69) is 5.32 Å². The fourth-order valence-electron chi connectivity index (χ4n) is 2.18. The molecule has 1 aliphatic rings. The monoisotopic (exact) mass is 274 g/mol. The number of amides is 2. The number of urea groups is 1. The zero-order valence-corrected chi connectivity index (χ0v) is 11.2. The zero-order valence-electron chi connectivity index (χ0n) is 11.2. The summed E-state index contributed by atoms with van der Waals surface area (Å²) in [6.45, 7) is 1.64. The van der Waals surface area contributed by atoms with Crippen LogP contribution < -0.4 is 5.32 Å². The zero-order chi connectivity index (χ0) is 14.3. The third kappa shape index (κ3) is 5.44. The molecule has 2 amide bonds. The van der Waals surface area contributed by atoms with Gasteiger partial charge in [-0.3, -0.25) is 4.79 Å².